The van der Waals surface area contributed by atoms with Crippen LogP contribution in [0.25, 0.3) is 0 Å². The normalized spacial score (nSPS) is 14.4. The molecule has 0 aromatic heterocycles. The summed E-state index contributed by atoms with van der Waals surface area (Å²) in [6.07, 6.45) is 9.22. The fraction of sp³-hybridized carbons (Fsp3) is 0.667. The van der Waals surface area contributed by atoms with Crippen LogP contribution in [0.2, 0.25) is 0 Å². The number of hydrogen-bond donors (Lipinski definition) is 0. The third-order valence-electron chi connectivity index (χ3n) is 2.29. The zero-order chi connectivity index (χ0) is 9.40. The van der Waals surface area contributed by atoms with Gasteiger partial charge in [-0.05, 0) is 19.3 Å². The van der Waals surface area contributed by atoms with Crippen molar-refractivity contribution in [1.82, 2.24) is 0 Å². The van der Waals surface area contributed by atoms with Crippen molar-refractivity contribution >= 4 is 0 Å². The van der Waals surface area contributed by atoms with Crippen LogP contribution in [-0.4, -0.2) is 0 Å². The van der Waals surface area contributed by atoms with Crippen molar-refractivity contribution in [1.29, 1.82) is 0 Å². The molecule has 0 heteroatoms. The number of rotatable bonds is 6. The van der Waals surface area contributed by atoms with E-state index < -0.39 is 0 Å². The van der Waals surface area contributed by atoms with Gasteiger partial charge >= 0.3 is 0 Å². The standard InChI is InChI=1S/C12H22/c1-5-8-11(4)10-12(7-3)9-6-2/h5,8,12H,1,6-7,9-10H2,2-4H3/b11-8+. The number of hydrogen-bond acceptors (Lipinski definition) is 0. The summed E-state index contributed by atoms with van der Waals surface area (Å²) in [5, 5.41) is 0. The Morgan fingerprint density at radius 1 is 1.42 bits per heavy atom. The fourth-order valence-corrected chi connectivity index (χ4v) is 1.58. The summed E-state index contributed by atoms with van der Waals surface area (Å²) in [7, 11) is 0. The molecule has 0 bridgehead atoms. The third-order valence-corrected chi connectivity index (χ3v) is 2.29. The van der Waals surface area contributed by atoms with Crippen molar-refractivity contribution in [2.24, 2.45) is 5.92 Å². The molecule has 0 rings (SSSR count). The van der Waals surface area contributed by atoms with Crippen LogP contribution in [-0.2, 0) is 0 Å². The molecule has 12 heavy (non-hydrogen) atoms. The van der Waals surface area contributed by atoms with Crippen LogP contribution in [0.4, 0.5) is 0 Å². The Morgan fingerprint density at radius 3 is 2.50 bits per heavy atom. The van der Waals surface area contributed by atoms with Gasteiger partial charge in [-0.3, -0.25) is 0 Å². The summed E-state index contributed by atoms with van der Waals surface area (Å²) in [4.78, 5) is 0. The molecule has 0 N–H and O–H groups in total. The molecule has 0 fully saturated rings. The fourth-order valence-electron chi connectivity index (χ4n) is 1.58. The maximum atomic E-state index is 3.70. The molecule has 0 nitrogen and oxygen atoms in total. The molecule has 0 aromatic carbocycles. The van der Waals surface area contributed by atoms with Crippen LogP contribution in [0.15, 0.2) is 24.3 Å². The van der Waals surface area contributed by atoms with E-state index in [9.17, 15) is 0 Å². The topological polar surface area (TPSA) is 0 Å². The van der Waals surface area contributed by atoms with Crippen molar-refractivity contribution in [3.63, 3.8) is 0 Å². The highest BCUT2D eigenvalue weighted by Crippen LogP contribution is 2.19. The van der Waals surface area contributed by atoms with Gasteiger partial charge < -0.3 is 0 Å². The summed E-state index contributed by atoms with van der Waals surface area (Å²) >= 11 is 0. The van der Waals surface area contributed by atoms with E-state index in [0.717, 1.165) is 5.92 Å². The Hall–Kier alpha value is -0.520. The first-order valence-corrected chi connectivity index (χ1v) is 5.02. The van der Waals surface area contributed by atoms with Crippen LogP contribution in [0.1, 0.15) is 46.5 Å². The van der Waals surface area contributed by atoms with Gasteiger partial charge in [-0.25, -0.2) is 0 Å². The minimum atomic E-state index is 0.881. The van der Waals surface area contributed by atoms with Crippen molar-refractivity contribution in [2.75, 3.05) is 0 Å². The Kier molecular flexibility index (Phi) is 6.84. The second-order valence-electron chi connectivity index (χ2n) is 3.52. The molecule has 0 aliphatic rings. The Balaban J connectivity index is 3.83. The Morgan fingerprint density at radius 2 is 2.08 bits per heavy atom. The third kappa shape index (κ3) is 5.17. The maximum absolute atomic E-state index is 3.70. The van der Waals surface area contributed by atoms with Crippen molar-refractivity contribution < 1.29 is 0 Å². The van der Waals surface area contributed by atoms with Crippen LogP contribution < -0.4 is 0 Å². The van der Waals surface area contributed by atoms with Gasteiger partial charge in [0.05, 0.1) is 0 Å². The van der Waals surface area contributed by atoms with E-state index in [1.165, 1.54) is 31.3 Å². The zero-order valence-corrected chi connectivity index (χ0v) is 8.77. The van der Waals surface area contributed by atoms with E-state index >= 15 is 0 Å². The lowest BCUT2D eigenvalue weighted by Gasteiger charge is -2.13. The molecule has 0 aliphatic heterocycles. The molecule has 1 unspecified atom stereocenters. The molecular weight excluding hydrogens is 144 g/mol. The molecular formula is C12H22. The van der Waals surface area contributed by atoms with Crippen LogP contribution >= 0.6 is 0 Å². The molecule has 70 valence electrons. The number of allylic oxidation sites excluding steroid dienone is 3. The Labute approximate surface area is 77.4 Å². The summed E-state index contributed by atoms with van der Waals surface area (Å²) in [5.74, 6) is 0.881. The molecule has 0 amide bonds. The van der Waals surface area contributed by atoms with Crippen molar-refractivity contribution in [3.8, 4) is 0 Å². The van der Waals surface area contributed by atoms with Gasteiger partial charge in [0.25, 0.3) is 0 Å². The van der Waals surface area contributed by atoms with E-state index in [2.05, 4.69) is 33.4 Å². The minimum absolute atomic E-state index is 0.881. The molecule has 0 radical (unpaired) electrons. The average molecular weight is 166 g/mol. The van der Waals surface area contributed by atoms with Gasteiger partial charge in [-0.1, -0.05) is 57.4 Å². The van der Waals surface area contributed by atoms with Gasteiger partial charge in [-0.15, -0.1) is 0 Å². The largest absolute Gasteiger partial charge is 0.0991 e. The predicted octanol–water partition coefficient (Wildman–Crippen LogP) is 4.34. The van der Waals surface area contributed by atoms with E-state index in [1.807, 2.05) is 6.08 Å². The molecule has 0 saturated carbocycles. The molecule has 0 heterocycles. The van der Waals surface area contributed by atoms with Crippen molar-refractivity contribution in [2.45, 2.75) is 46.5 Å². The molecule has 1 atom stereocenters. The molecule has 0 aliphatic carbocycles. The van der Waals surface area contributed by atoms with Gasteiger partial charge in [0, 0.05) is 0 Å². The Bertz CT molecular complexity index is 142. The molecule has 0 spiro atoms. The minimum Gasteiger partial charge on any atom is -0.0991 e. The first-order chi connectivity index (χ1) is 5.74. The van der Waals surface area contributed by atoms with Gasteiger partial charge in [0.1, 0.15) is 0 Å². The quantitative estimate of drug-likeness (QED) is 0.515. The predicted molar refractivity (Wildman–Crippen MR) is 57.3 cm³/mol. The van der Waals surface area contributed by atoms with Crippen LogP contribution in [0, 0.1) is 5.92 Å². The summed E-state index contributed by atoms with van der Waals surface area (Å²) in [6.45, 7) is 10.4. The van der Waals surface area contributed by atoms with Crippen LogP contribution in [0.3, 0.4) is 0 Å². The molecule has 0 aromatic rings. The smallest absolute Gasteiger partial charge is 0.0292 e. The van der Waals surface area contributed by atoms with Gasteiger partial charge in [0.15, 0.2) is 0 Å². The van der Waals surface area contributed by atoms with E-state index in [0.29, 0.717) is 0 Å². The summed E-state index contributed by atoms with van der Waals surface area (Å²) in [5.41, 5.74) is 1.46. The van der Waals surface area contributed by atoms with E-state index in [4.69, 9.17) is 0 Å². The van der Waals surface area contributed by atoms with E-state index in [1.54, 1.807) is 0 Å². The van der Waals surface area contributed by atoms with E-state index in [-0.39, 0.29) is 0 Å². The highest BCUT2D eigenvalue weighted by molar-refractivity contribution is 5.08. The second kappa shape index (κ2) is 7.15. The summed E-state index contributed by atoms with van der Waals surface area (Å²) < 4.78 is 0. The second-order valence-corrected chi connectivity index (χ2v) is 3.52. The SMILES string of the molecule is C=C/C=C(\C)CC(CC)CCC. The maximum Gasteiger partial charge on any atom is -0.0292 e. The first kappa shape index (κ1) is 11.5. The van der Waals surface area contributed by atoms with Crippen molar-refractivity contribution in [3.05, 3.63) is 24.3 Å². The van der Waals surface area contributed by atoms with Gasteiger partial charge in [-0.2, -0.15) is 0 Å². The highest BCUT2D eigenvalue weighted by Gasteiger charge is 2.04. The lowest BCUT2D eigenvalue weighted by atomic mass is 9.93. The van der Waals surface area contributed by atoms with Gasteiger partial charge in [0.2, 0.25) is 0 Å². The highest BCUT2D eigenvalue weighted by atomic mass is 14.1. The lowest BCUT2D eigenvalue weighted by molar-refractivity contribution is 0.460. The average Bonchev–Trinajstić information content (AvgIpc) is 2.04. The monoisotopic (exact) mass is 166 g/mol. The van der Waals surface area contributed by atoms with Crippen LogP contribution in [0.5, 0.6) is 0 Å². The zero-order valence-electron chi connectivity index (χ0n) is 8.77. The summed E-state index contributed by atoms with van der Waals surface area (Å²) in [6, 6.07) is 0. The lowest BCUT2D eigenvalue weighted by Crippen LogP contribution is -1.98. The first-order valence-electron chi connectivity index (χ1n) is 5.02. The molecule has 0 saturated heterocycles.